The summed E-state index contributed by atoms with van der Waals surface area (Å²) in [4.78, 5) is 0. The standard InChI is InChI=1S/C7H12O3/c1-7-2-5(8)6(10-7)3-9-4-7/h5-6,8H,2-4H2,1H3/t5-,6+,7+/m0/s1. The lowest BCUT2D eigenvalue weighted by molar-refractivity contribution is -0.157. The molecule has 3 nitrogen and oxygen atoms in total. The maximum Gasteiger partial charge on any atom is 0.108 e. The summed E-state index contributed by atoms with van der Waals surface area (Å²) in [5, 5.41) is 9.36. The third kappa shape index (κ3) is 0.856. The van der Waals surface area contributed by atoms with Crippen molar-refractivity contribution in [2.24, 2.45) is 0 Å². The van der Waals surface area contributed by atoms with Crippen LogP contribution in [0.15, 0.2) is 0 Å². The molecule has 2 fully saturated rings. The van der Waals surface area contributed by atoms with E-state index in [9.17, 15) is 5.11 Å². The van der Waals surface area contributed by atoms with E-state index in [-0.39, 0.29) is 17.8 Å². The summed E-state index contributed by atoms with van der Waals surface area (Å²) >= 11 is 0. The average molecular weight is 144 g/mol. The van der Waals surface area contributed by atoms with Crippen LogP contribution in [0.4, 0.5) is 0 Å². The molecular formula is C7H12O3. The van der Waals surface area contributed by atoms with Gasteiger partial charge in [0.15, 0.2) is 0 Å². The highest BCUT2D eigenvalue weighted by Crippen LogP contribution is 2.34. The molecule has 2 rings (SSSR count). The number of ether oxygens (including phenoxy) is 2. The van der Waals surface area contributed by atoms with E-state index in [1.165, 1.54) is 0 Å². The first-order chi connectivity index (χ1) is 4.70. The summed E-state index contributed by atoms with van der Waals surface area (Å²) in [7, 11) is 0. The van der Waals surface area contributed by atoms with E-state index in [2.05, 4.69) is 0 Å². The van der Waals surface area contributed by atoms with Gasteiger partial charge in [-0.25, -0.2) is 0 Å². The molecule has 0 aromatic carbocycles. The Morgan fingerprint density at radius 3 is 3.00 bits per heavy atom. The molecule has 0 spiro atoms. The van der Waals surface area contributed by atoms with E-state index in [0.717, 1.165) is 6.42 Å². The molecule has 0 aliphatic carbocycles. The van der Waals surface area contributed by atoms with Crippen LogP contribution in [-0.2, 0) is 9.47 Å². The highest BCUT2D eigenvalue weighted by molar-refractivity contribution is 4.93. The zero-order chi connectivity index (χ0) is 7.19. The smallest absolute Gasteiger partial charge is 0.108 e. The molecule has 0 amide bonds. The molecule has 2 aliphatic rings. The number of rotatable bonds is 0. The second-order valence-electron chi connectivity index (χ2n) is 3.39. The molecule has 2 saturated heterocycles. The Hall–Kier alpha value is -0.120. The van der Waals surface area contributed by atoms with Gasteiger partial charge >= 0.3 is 0 Å². The number of aliphatic hydroxyl groups excluding tert-OH is 1. The minimum atomic E-state index is -0.313. The Bertz CT molecular complexity index is 144. The minimum Gasteiger partial charge on any atom is -0.390 e. The van der Waals surface area contributed by atoms with Gasteiger partial charge in [-0.1, -0.05) is 0 Å². The van der Waals surface area contributed by atoms with Crippen LogP contribution in [0, 0.1) is 0 Å². The Balaban J connectivity index is 2.16. The SMILES string of the molecule is C[C@@]12COC[C@@H](O1)[C@@H](O)C2. The Morgan fingerprint density at radius 1 is 1.60 bits per heavy atom. The Kier molecular flexibility index (Phi) is 1.27. The van der Waals surface area contributed by atoms with Crippen molar-refractivity contribution < 1.29 is 14.6 Å². The van der Waals surface area contributed by atoms with E-state index >= 15 is 0 Å². The number of fused-ring (bicyclic) bond motifs is 2. The zero-order valence-corrected chi connectivity index (χ0v) is 6.04. The van der Waals surface area contributed by atoms with Crippen LogP contribution in [0.25, 0.3) is 0 Å². The first kappa shape index (κ1) is 6.58. The summed E-state index contributed by atoms with van der Waals surface area (Å²) in [6, 6.07) is 0. The highest BCUT2D eigenvalue weighted by Gasteiger charge is 2.46. The molecule has 0 saturated carbocycles. The van der Waals surface area contributed by atoms with Crippen LogP contribution in [0.5, 0.6) is 0 Å². The van der Waals surface area contributed by atoms with E-state index in [1.807, 2.05) is 6.92 Å². The van der Waals surface area contributed by atoms with Gasteiger partial charge in [0.1, 0.15) is 6.10 Å². The lowest BCUT2D eigenvalue weighted by Crippen LogP contribution is -2.38. The van der Waals surface area contributed by atoms with E-state index in [0.29, 0.717) is 13.2 Å². The van der Waals surface area contributed by atoms with Crippen molar-refractivity contribution in [3.05, 3.63) is 0 Å². The largest absolute Gasteiger partial charge is 0.390 e. The van der Waals surface area contributed by atoms with Gasteiger partial charge in [0.25, 0.3) is 0 Å². The monoisotopic (exact) mass is 144 g/mol. The first-order valence-corrected chi connectivity index (χ1v) is 3.63. The van der Waals surface area contributed by atoms with Crippen molar-refractivity contribution in [3.8, 4) is 0 Å². The van der Waals surface area contributed by atoms with E-state index < -0.39 is 0 Å². The molecule has 58 valence electrons. The molecule has 2 bridgehead atoms. The molecule has 0 aromatic heterocycles. The fourth-order valence-electron chi connectivity index (χ4n) is 1.69. The highest BCUT2D eigenvalue weighted by atomic mass is 16.6. The molecule has 10 heavy (non-hydrogen) atoms. The van der Waals surface area contributed by atoms with Gasteiger partial charge in [0, 0.05) is 6.42 Å². The van der Waals surface area contributed by atoms with Gasteiger partial charge in [-0.2, -0.15) is 0 Å². The number of hydrogen-bond donors (Lipinski definition) is 1. The van der Waals surface area contributed by atoms with Crippen LogP contribution >= 0.6 is 0 Å². The summed E-state index contributed by atoms with van der Waals surface area (Å²) in [5.74, 6) is 0. The molecule has 2 heterocycles. The fraction of sp³-hybridized carbons (Fsp3) is 1.00. The molecule has 0 radical (unpaired) electrons. The summed E-state index contributed by atoms with van der Waals surface area (Å²) < 4.78 is 10.8. The maximum absolute atomic E-state index is 9.36. The van der Waals surface area contributed by atoms with Crippen LogP contribution in [0.1, 0.15) is 13.3 Å². The molecule has 2 aliphatic heterocycles. The van der Waals surface area contributed by atoms with Gasteiger partial charge in [-0.05, 0) is 6.92 Å². The van der Waals surface area contributed by atoms with Crippen LogP contribution in [0.3, 0.4) is 0 Å². The summed E-state index contributed by atoms with van der Waals surface area (Å²) in [6.45, 7) is 3.16. The number of aliphatic hydroxyl groups is 1. The topological polar surface area (TPSA) is 38.7 Å². The zero-order valence-electron chi connectivity index (χ0n) is 6.04. The summed E-state index contributed by atoms with van der Waals surface area (Å²) in [5.41, 5.74) is -0.206. The lowest BCUT2D eigenvalue weighted by Gasteiger charge is -2.29. The summed E-state index contributed by atoms with van der Waals surface area (Å²) in [6.07, 6.45) is 0.337. The van der Waals surface area contributed by atoms with Crippen molar-refractivity contribution in [1.29, 1.82) is 0 Å². The van der Waals surface area contributed by atoms with Gasteiger partial charge in [0.05, 0.1) is 24.9 Å². The third-order valence-corrected chi connectivity index (χ3v) is 2.20. The quantitative estimate of drug-likeness (QED) is 0.517. The van der Waals surface area contributed by atoms with Gasteiger partial charge < -0.3 is 14.6 Å². The molecule has 0 unspecified atom stereocenters. The molecular weight excluding hydrogens is 132 g/mol. The maximum atomic E-state index is 9.36. The predicted molar refractivity (Wildman–Crippen MR) is 34.7 cm³/mol. The second kappa shape index (κ2) is 1.94. The van der Waals surface area contributed by atoms with Crippen molar-refractivity contribution in [3.63, 3.8) is 0 Å². The van der Waals surface area contributed by atoms with E-state index in [1.54, 1.807) is 0 Å². The Labute approximate surface area is 59.9 Å². The molecule has 1 N–H and O–H groups in total. The first-order valence-electron chi connectivity index (χ1n) is 3.63. The average Bonchev–Trinajstić information content (AvgIpc) is 2.03. The van der Waals surface area contributed by atoms with Crippen LogP contribution in [0.2, 0.25) is 0 Å². The molecule has 0 aromatic rings. The second-order valence-corrected chi connectivity index (χ2v) is 3.39. The molecule has 3 heteroatoms. The van der Waals surface area contributed by atoms with Gasteiger partial charge in [-0.3, -0.25) is 0 Å². The Morgan fingerprint density at radius 2 is 2.40 bits per heavy atom. The van der Waals surface area contributed by atoms with Crippen molar-refractivity contribution in [2.75, 3.05) is 13.2 Å². The van der Waals surface area contributed by atoms with Crippen LogP contribution in [-0.4, -0.2) is 36.1 Å². The minimum absolute atomic E-state index is 0.0706. The lowest BCUT2D eigenvalue weighted by atomic mass is 10.0. The predicted octanol–water partition coefficient (Wildman–Crippen LogP) is -0.0749. The van der Waals surface area contributed by atoms with E-state index in [4.69, 9.17) is 9.47 Å². The van der Waals surface area contributed by atoms with Gasteiger partial charge in [-0.15, -0.1) is 0 Å². The number of hydrogen-bond acceptors (Lipinski definition) is 3. The fourth-order valence-corrected chi connectivity index (χ4v) is 1.69. The molecule has 3 atom stereocenters. The van der Waals surface area contributed by atoms with Crippen molar-refractivity contribution in [1.82, 2.24) is 0 Å². The van der Waals surface area contributed by atoms with Crippen LogP contribution < -0.4 is 0 Å². The normalized spacial score (nSPS) is 53.4. The van der Waals surface area contributed by atoms with Crippen molar-refractivity contribution >= 4 is 0 Å². The third-order valence-electron chi connectivity index (χ3n) is 2.20. The van der Waals surface area contributed by atoms with Gasteiger partial charge in [0.2, 0.25) is 0 Å². The van der Waals surface area contributed by atoms with Crippen molar-refractivity contribution in [2.45, 2.75) is 31.2 Å².